The van der Waals surface area contributed by atoms with Crippen LogP contribution < -0.4 is 10.6 Å². The Bertz CT molecular complexity index is 865. The van der Waals surface area contributed by atoms with Crippen molar-refractivity contribution in [1.29, 1.82) is 0 Å². The lowest BCUT2D eigenvalue weighted by atomic mass is 9.98. The summed E-state index contributed by atoms with van der Waals surface area (Å²) in [6, 6.07) is 13.1. The van der Waals surface area contributed by atoms with E-state index in [4.69, 9.17) is 4.74 Å². The Morgan fingerprint density at radius 2 is 1.85 bits per heavy atom. The van der Waals surface area contributed by atoms with Gasteiger partial charge in [0, 0.05) is 25.1 Å². The average molecular weight is 368 g/mol. The van der Waals surface area contributed by atoms with Gasteiger partial charge in [0.2, 0.25) is 0 Å². The molecule has 0 unspecified atom stereocenters. The van der Waals surface area contributed by atoms with Crippen LogP contribution in [0.2, 0.25) is 0 Å². The standard InChI is InChI=1S/C20H20N2O5/c23-15-7-3-6-14(11-15)18(24)21-9-4-10-22-19(25)17-12-13-5-1-2-8-16(13)20(26)27-17/h1-3,5-8,11,17,23H,4,9-10,12H2,(H,21,24)(H,22,25)/t17-/m1/s1. The molecule has 0 spiro atoms. The van der Waals surface area contributed by atoms with Crippen LogP contribution in [-0.2, 0) is 16.0 Å². The Morgan fingerprint density at radius 3 is 2.67 bits per heavy atom. The van der Waals surface area contributed by atoms with Crippen molar-refractivity contribution in [2.24, 2.45) is 0 Å². The number of rotatable bonds is 6. The highest BCUT2D eigenvalue weighted by molar-refractivity contribution is 5.96. The number of aromatic hydroxyl groups is 1. The van der Waals surface area contributed by atoms with Gasteiger partial charge >= 0.3 is 5.97 Å². The first-order valence-electron chi connectivity index (χ1n) is 8.68. The topological polar surface area (TPSA) is 105 Å². The summed E-state index contributed by atoms with van der Waals surface area (Å²) in [5.41, 5.74) is 1.66. The Hall–Kier alpha value is -3.35. The maximum absolute atomic E-state index is 12.2. The number of carbonyl (C=O) groups excluding carboxylic acids is 3. The molecule has 2 aromatic carbocycles. The second kappa shape index (κ2) is 8.35. The van der Waals surface area contributed by atoms with Gasteiger partial charge in [-0.1, -0.05) is 24.3 Å². The molecule has 0 fully saturated rings. The summed E-state index contributed by atoms with van der Waals surface area (Å²) in [5.74, 6) is -1.11. The number of amides is 2. The van der Waals surface area contributed by atoms with Crippen molar-refractivity contribution in [3.8, 4) is 5.75 Å². The van der Waals surface area contributed by atoms with Crippen molar-refractivity contribution in [3.63, 3.8) is 0 Å². The van der Waals surface area contributed by atoms with E-state index in [0.717, 1.165) is 5.56 Å². The Morgan fingerprint density at radius 1 is 1.07 bits per heavy atom. The molecule has 1 atom stereocenters. The lowest BCUT2D eigenvalue weighted by molar-refractivity contribution is -0.130. The first kappa shape index (κ1) is 18.4. The van der Waals surface area contributed by atoms with E-state index in [1.54, 1.807) is 24.3 Å². The lowest BCUT2D eigenvalue weighted by Crippen LogP contribution is -2.42. The highest BCUT2D eigenvalue weighted by atomic mass is 16.5. The molecule has 1 aliphatic heterocycles. The number of nitrogens with one attached hydrogen (secondary N) is 2. The molecule has 0 saturated heterocycles. The highest BCUT2D eigenvalue weighted by Crippen LogP contribution is 2.20. The van der Waals surface area contributed by atoms with Gasteiger partial charge < -0.3 is 20.5 Å². The molecule has 0 aromatic heterocycles. The first-order valence-corrected chi connectivity index (χ1v) is 8.68. The van der Waals surface area contributed by atoms with E-state index in [1.807, 2.05) is 12.1 Å². The van der Waals surface area contributed by atoms with Crippen LogP contribution in [0.25, 0.3) is 0 Å². The first-order chi connectivity index (χ1) is 13.0. The van der Waals surface area contributed by atoms with Gasteiger partial charge in [-0.25, -0.2) is 4.79 Å². The number of esters is 1. The number of hydrogen-bond acceptors (Lipinski definition) is 5. The fourth-order valence-electron chi connectivity index (χ4n) is 2.84. The van der Waals surface area contributed by atoms with Gasteiger partial charge in [0.25, 0.3) is 11.8 Å². The molecule has 0 aliphatic carbocycles. The molecule has 2 aromatic rings. The van der Waals surface area contributed by atoms with Gasteiger partial charge in [-0.3, -0.25) is 9.59 Å². The number of benzene rings is 2. The molecule has 1 heterocycles. The van der Waals surface area contributed by atoms with Crippen molar-refractivity contribution < 1.29 is 24.2 Å². The fourth-order valence-corrected chi connectivity index (χ4v) is 2.84. The Kier molecular flexibility index (Phi) is 5.71. The fraction of sp³-hybridized carbons (Fsp3) is 0.250. The summed E-state index contributed by atoms with van der Waals surface area (Å²) in [6.45, 7) is 0.705. The van der Waals surface area contributed by atoms with Gasteiger partial charge in [0.1, 0.15) is 5.75 Å². The van der Waals surface area contributed by atoms with Crippen LogP contribution in [0.4, 0.5) is 0 Å². The number of phenols is 1. The molecule has 7 heteroatoms. The van der Waals surface area contributed by atoms with Crippen LogP contribution in [0.5, 0.6) is 5.75 Å². The van der Waals surface area contributed by atoms with Crippen LogP contribution in [0.15, 0.2) is 48.5 Å². The minimum atomic E-state index is -0.839. The van der Waals surface area contributed by atoms with E-state index >= 15 is 0 Å². The Labute approximate surface area is 156 Å². The number of hydrogen-bond donors (Lipinski definition) is 3. The molecular weight excluding hydrogens is 348 g/mol. The van der Waals surface area contributed by atoms with E-state index < -0.39 is 12.1 Å². The van der Waals surface area contributed by atoms with Crippen LogP contribution in [0.3, 0.4) is 0 Å². The molecule has 7 nitrogen and oxygen atoms in total. The maximum atomic E-state index is 12.2. The zero-order valence-electron chi connectivity index (χ0n) is 14.6. The Balaban J connectivity index is 1.40. The number of phenolic OH excluding ortho intramolecular Hbond substituents is 1. The number of carbonyl (C=O) groups is 3. The summed E-state index contributed by atoms with van der Waals surface area (Å²) in [6.07, 6.45) is 0.0319. The molecule has 2 amide bonds. The minimum Gasteiger partial charge on any atom is -0.508 e. The van der Waals surface area contributed by atoms with Gasteiger partial charge in [-0.15, -0.1) is 0 Å². The van der Waals surface area contributed by atoms with Crippen molar-refractivity contribution >= 4 is 17.8 Å². The van der Waals surface area contributed by atoms with Gasteiger partial charge in [0.05, 0.1) is 5.56 Å². The van der Waals surface area contributed by atoms with E-state index in [1.165, 1.54) is 12.1 Å². The third kappa shape index (κ3) is 4.63. The molecular formula is C20H20N2O5. The third-order valence-electron chi connectivity index (χ3n) is 4.23. The molecule has 27 heavy (non-hydrogen) atoms. The predicted octanol–water partition coefficient (Wildman–Crippen LogP) is 1.41. The SMILES string of the molecule is O=C(NCCCNC(=O)[C@H]1Cc2ccccc2C(=O)O1)c1cccc(O)c1. The van der Waals surface area contributed by atoms with Crippen molar-refractivity contribution in [1.82, 2.24) is 10.6 Å². The second-order valence-electron chi connectivity index (χ2n) is 6.21. The van der Waals surface area contributed by atoms with Gasteiger partial charge in [-0.05, 0) is 36.2 Å². The molecule has 0 saturated carbocycles. The normalized spacial score (nSPS) is 15.4. The van der Waals surface area contributed by atoms with E-state index in [2.05, 4.69) is 10.6 Å². The van der Waals surface area contributed by atoms with E-state index in [9.17, 15) is 19.5 Å². The second-order valence-corrected chi connectivity index (χ2v) is 6.21. The summed E-state index contributed by atoms with van der Waals surface area (Å²) >= 11 is 0. The molecule has 0 radical (unpaired) electrons. The summed E-state index contributed by atoms with van der Waals surface area (Å²) in [4.78, 5) is 36.1. The molecule has 3 rings (SSSR count). The predicted molar refractivity (Wildman–Crippen MR) is 97.4 cm³/mol. The monoisotopic (exact) mass is 368 g/mol. The highest BCUT2D eigenvalue weighted by Gasteiger charge is 2.30. The van der Waals surface area contributed by atoms with Gasteiger partial charge in [0.15, 0.2) is 6.10 Å². The number of ether oxygens (including phenoxy) is 1. The van der Waals surface area contributed by atoms with Gasteiger partial charge in [-0.2, -0.15) is 0 Å². The van der Waals surface area contributed by atoms with Crippen LogP contribution >= 0.6 is 0 Å². The lowest BCUT2D eigenvalue weighted by Gasteiger charge is -2.23. The summed E-state index contributed by atoms with van der Waals surface area (Å²) in [5, 5.41) is 14.8. The van der Waals surface area contributed by atoms with Crippen LogP contribution in [0, 0.1) is 0 Å². The molecule has 0 bridgehead atoms. The largest absolute Gasteiger partial charge is 0.508 e. The molecule has 3 N–H and O–H groups in total. The average Bonchev–Trinajstić information content (AvgIpc) is 2.67. The van der Waals surface area contributed by atoms with E-state index in [0.29, 0.717) is 37.1 Å². The minimum absolute atomic E-state index is 0.0264. The smallest absolute Gasteiger partial charge is 0.339 e. The molecule has 140 valence electrons. The zero-order chi connectivity index (χ0) is 19.2. The summed E-state index contributed by atoms with van der Waals surface area (Å²) < 4.78 is 5.19. The number of fused-ring (bicyclic) bond motifs is 1. The van der Waals surface area contributed by atoms with Crippen molar-refractivity contribution in [3.05, 3.63) is 65.2 Å². The quantitative estimate of drug-likeness (QED) is 0.528. The molecule has 1 aliphatic rings. The maximum Gasteiger partial charge on any atom is 0.339 e. The zero-order valence-corrected chi connectivity index (χ0v) is 14.6. The third-order valence-corrected chi connectivity index (χ3v) is 4.23. The van der Waals surface area contributed by atoms with Crippen molar-refractivity contribution in [2.45, 2.75) is 18.9 Å². The van der Waals surface area contributed by atoms with Crippen LogP contribution in [0.1, 0.15) is 32.7 Å². The van der Waals surface area contributed by atoms with Crippen LogP contribution in [-0.4, -0.2) is 42.1 Å². The van der Waals surface area contributed by atoms with Crippen molar-refractivity contribution in [2.75, 3.05) is 13.1 Å². The number of cyclic esters (lactones) is 1. The van der Waals surface area contributed by atoms with E-state index in [-0.39, 0.29) is 17.6 Å². The summed E-state index contributed by atoms with van der Waals surface area (Å²) in [7, 11) is 0.